The Kier molecular flexibility index (Phi) is 9.08. The molecule has 2 aliphatic rings. The number of carbonyl (C=O) groups is 5. The van der Waals surface area contributed by atoms with E-state index in [0.717, 1.165) is 9.80 Å². The first kappa shape index (κ1) is 29.3. The zero-order valence-corrected chi connectivity index (χ0v) is 28.9. The molecule has 37 heavy (non-hydrogen) atoms. The quantitative estimate of drug-likeness (QED) is 0.132. The van der Waals surface area contributed by atoms with Crippen LogP contribution in [0.4, 0.5) is 4.79 Å². The summed E-state index contributed by atoms with van der Waals surface area (Å²) in [5.41, 5.74) is 0.773. The van der Waals surface area contributed by atoms with Crippen molar-refractivity contribution >= 4 is 141 Å². The Balaban J connectivity index is 1.31. The number of nitrogens with zero attached hydrogens (tertiary/aromatic N) is 2. The van der Waals surface area contributed by atoms with E-state index in [1.807, 2.05) is 0 Å². The molecule has 4 rings (SSSR count). The largest absolute Gasteiger partial charge is 0.508 e. The van der Waals surface area contributed by atoms with Crippen LogP contribution in [0.2, 0.25) is 0 Å². The third-order valence-corrected chi connectivity index (χ3v) is 12.7. The molecule has 0 spiro atoms. The minimum Gasteiger partial charge on any atom is -0.432 e. The zero-order valence-electron chi connectivity index (χ0n) is 17.8. The van der Waals surface area contributed by atoms with E-state index in [1.54, 1.807) is 6.07 Å². The highest BCUT2D eigenvalue weighted by atomic mass is 79.9. The highest BCUT2D eigenvalue weighted by molar-refractivity contribution is 9.15. The first-order chi connectivity index (χ1) is 17.4. The second kappa shape index (κ2) is 11.5. The Morgan fingerprint density at radius 1 is 0.568 bits per heavy atom. The maximum absolute atomic E-state index is 12.8. The molecule has 0 aromatic heterocycles. The van der Waals surface area contributed by atoms with Crippen molar-refractivity contribution in [1.82, 2.24) is 9.80 Å². The van der Waals surface area contributed by atoms with Gasteiger partial charge in [0.1, 0.15) is 13.2 Å². The first-order valence-corrected chi connectivity index (χ1v) is 15.5. The molecule has 0 bridgehead atoms. The monoisotopic (exact) mass is 953 g/mol. The van der Waals surface area contributed by atoms with Crippen molar-refractivity contribution in [3.63, 3.8) is 0 Å². The molecular weight excluding hydrogens is 952 g/mol. The number of amides is 4. The molecule has 0 unspecified atom stereocenters. The summed E-state index contributed by atoms with van der Waals surface area (Å²) in [5, 5.41) is 0. The summed E-state index contributed by atoms with van der Waals surface area (Å²) in [4.78, 5) is 65.1. The standard InChI is InChI=1S/C21H9Br7N2O7/c22-6-5-7(23)12(24)9-8(6)17(31)29(18(9)32)1-3-36-21(35)37-4-2-30-19(33)10-11(20(30)34)14(26)16(28)15(27)13(10)25/h5H,1-4H2. The number of hydrogen-bond donors (Lipinski definition) is 0. The summed E-state index contributed by atoms with van der Waals surface area (Å²) < 4.78 is 13.4. The molecule has 2 aliphatic heterocycles. The normalized spacial score (nSPS) is 14.5. The first-order valence-electron chi connectivity index (χ1n) is 9.93. The van der Waals surface area contributed by atoms with Crippen molar-refractivity contribution in [2.75, 3.05) is 26.3 Å². The average Bonchev–Trinajstić information content (AvgIpc) is 3.25. The summed E-state index contributed by atoms with van der Waals surface area (Å²) in [6, 6.07) is 1.65. The van der Waals surface area contributed by atoms with Crippen molar-refractivity contribution in [2.45, 2.75) is 0 Å². The van der Waals surface area contributed by atoms with Gasteiger partial charge in [-0.25, -0.2) is 4.79 Å². The van der Waals surface area contributed by atoms with Crippen molar-refractivity contribution in [3.05, 3.63) is 59.6 Å². The van der Waals surface area contributed by atoms with E-state index in [2.05, 4.69) is 112 Å². The lowest BCUT2D eigenvalue weighted by atomic mass is 10.1. The van der Waals surface area contributed by atoms with Gasteiger partial charge < -0.3 is 9.47 Å². The van der Waals surface area contributed by atoms with Gasteiger partial charge in [-0.15, -0.1) is 0 Å². The summed E-state index contributed by atoms with van der Waals surface area (Å²) in [7, 11) is 0. The number of halogens is 7. The molecular formula is C21H9Br7N2O7. The third-order valence-electron chi connectivity index (χ3n) is 5.34. The van der Waals surface area contributed by atoms with E-state index < -0.39 is 29.8 Å². The topological polar surface area (TPSA) is 110 Å². The Hall–Kier alpha value is -0.650. The van der Waals surface area contributed by atoms with Crippen LogP contribution in [0, 0.1) is 0 Å². The van der Waals surface area contributed by atoms with Crippen LogP contribution in [0.5, 0.6) is 0 Å². The Labute approximate surface area is 267 Å². The molecule has 4 amide bonds. The number of hydrogen-bond acceptors (Lipinski definition) is 7. The van der Waals surface area contributed by atoms with Crippen LogP contribution in [0.15, 0.2) is 37.4 Å². The number of rotatable bonds is 6. The second-order valence-corrected chi connectivity index (χ2v) is 13.1. The predicted octanol–water partition coefficient (Wildman–Crippen LogP) is 7.07. The van der Waals surface area contributed by atoms with Gasteiger partial charge >= 0.3 is 6.16 Å². The van der Waals surface area contributed by atoms with Gasteiger partial charge in [0.25, 0.3) is 23.6 Å². The maximum Gasteiger partial charge on any atom is 0.508 e. The number of benzene rings is 2. The third kappa shape index (κ3) is 5.15. The Morgan fingerprint density at radius 2 is 0.946 bits per heavy atom. The summed E-state index contributed by atoms with van der Waals surface area (Å²) >= 11 is 23.3. The van der Waals surface area contributed by atoms with Crippen molar-refractivity contribution in [2.24, 2.45) is 0 Å². The van der Waals surface area contributed by atoms with Crippen LogP contribution in [0.25, 0.3) is 0 Å². The van der Waals surface area contributed by atoms with Gasteiger partial charge in [0, 0.05) is 31.3 Å². The molecule has 0 saturated heterocycles. The van der Waals surface area contributed by atoms with E-state index in [0.29, 0.717) is 31.3 Å². The highest BCUT2D eigenvalue weighted by Crippen LogP contribution is 2.45. The van der Waals surface area contributed by atoms with E-state index in [-0.39, 0.29) is 48.6 Å². The fourth-order valence-corrected chi connectivity index (χ4v) is 7.92. The van der Waals surface area contributed by atoms with Crippen molar-refractivity contribution in [1.29, 1.82) is 0 Å². The zero-order chi connectivity index (χ0) is 27.3. The van der Waals surface area contributed by atoms with Gasteiger partial charge in [-0.1, -0.05) is 0 Å². The van der Waals surface area contributed by atoms with E-state index >= 15 is 0 Å². The minimum atomic E-state index is -1.08. The van der Waals surface area contributed by atoms with Crippen LogP contribution in [-0.4, -0.2) is 65.9 Å². The molecule has 0 saturated carbocycles. The lowest BCUT2D eigenvalue weighted by Gasteiger charge is -2.15. The van der Waals surface area contributed by atoms with Crippen LogP contribution < -0.4 is 0 Å². The lowest BCUT2D eigenvalue weighted by molar-refractivity contribution is 0.0357. The van der Waals surface area contributed by atoms with Gasteiger partial charge in [0.15, 0.2) is 0 Å². The summed E-state index contributed by atoms with van der Waals surface area (Å²) in [6.45, 7) is -1.02. The van der Waals surface area contributed by atoms with Gasteiger partial charge in [-0.3, -0.25) is 29.0 Å². The maximum atomic E-state index is 12.8. The van der Waals surface area contributed by atoms with Crippen molar-refractivity contribution < 1.29 is 33.4 Å². The molecule has 0 atom stereocenters. The molecule has 2 heterocycles. The van der Waals surface area contributed by atoms with Gasteiger partial charge in [-0.05, 0) is 118 Å². The van der Waals surface area contributed by atoms with Gasteiger partial charge in [-0.2, -0.15) is 0 Å². The molecule has 16 heteroatoms. The molecule has 0 N–H and O–H groups in total. The average molecular weight is 961 g/mol. The lowest BCUT2D eigenvalue weighted by Crippen LogP contribution is -2.35. The molecule has 2 aromatic carbocycles. The van der Waals surface area contributed by atoms with Crippen LogP contribution in [0.1, 0.15) is 41.4 Å². The molecule has 0 fully saturated rings. The molecule has 194 valence electrons. The van der Waals surface area contributed by atoms with Crippen molar-refractivity contribution in [3.8, 4) is 0 Å². The second-order valence-electron chi connectivity index (χ2n) is 7.38. The predicted molar refractivity (Wildman–Crippen MR) is 155 cm³/mol. The smallest absolute Gasteiger partial charge is 0.432 e. The SMILES string of the molecule is O=C(OCCN1C(=O)c2c(Br)cc(Br)c(Br)c2C1=O)OCCN1C(=O)c2c(Br)c(Br)c(Br)c(Br)c2C1=O. The van der Waals surface area contributed by atoms with Crippen LogP contribution in [0.3, 0.4) is 0 Å². The van der Waals surface area contributed by atoms with Gasteiger partial charge in [0.2, 0.25) is 0 Å². The van der Waals surface area contributed by atoms with E-state index in [9.17, 15) is 24.0 Å². The van der Waals surface area contributed by atoms with Crippen LogP contribution >= 0.6 is 112 Å². The molecule has 0 radical (unpaired) electrons. The number of imide groups is 2. The number of fused-ring (bicyclic) bond motifs is 2. The van der Waals surface area contributed by atoms with E-state index in [4.69, 9.17) is 9.47 Å². The minimum absolute atomic E-state index is 0.181. The molecule has 2 aromatic rings. The molecule has 0 aliphatic carbocycles. The summed E-state index contributed by atoms with van der Waals surface area (Å²) in [6.07, 6.45) is -1.08. The number of ether oxygens (including phenoxy) is 2. The van der Waals surface area contributed by atoms with Crippen LogP contribution in [-0.2, 0) is 9.47 Å². The fraction of sp³-hybridized carbons (Fsp3) is 0.190. The number of carbonyl (C=O) groups excluding carboxylic acids is 5. The van der Waals surface area contributed by atoms with E-state index in [1.165, 1.54) is 0 Å². The Morgan fingerprint density at radius 3 is 1.38 bits per heavy atom. The summed E-state index contributed by atoms with van der Waals surface area (Å²) in [5.74, 6) is -2.16. The van der Waals surface area contributed by atoms with Gasteiger partial charge in [0.05, 0.1) is 35.3 Å². The fourth-order valence-electron chi connectivity index (χ4n) is 3.65. The Bertz CT molecular complexity index is 1380. The molecule has 9 nitrogen and oxygen atoms in total. The highest BCUT2D eigenvalue weighted by Gasteiger charge is 2.41.